The normalized spacial score (nSPS) is 11.0. The van der Waals surface area contributed by atoms with Crippen LogP contribution in [-0.4, -0.2) is 27.3 Å². The van der Waals surface area contributed by atoms with Gasteiger partial charge >= 0.3 is 5.97 Å². The van der Waals surface area contributed by atoms with Gasteiger partial charge in [0.05, 0.1) is 7.11 Å². The summed E-state index contributed by atoms with van der Waals surface area (Å²) in [7, 11) is 4.60. The molecule has 5 heteroatoms. The van der Waals surface area contributed by atoms with Gasteiger partial charge in [-0.05, 0) is 25.0 Å². The van der Waals surface area contributed by atoms with E-state index in [-0.39, 0.29) is 5.97 Å². The van der Waals surface area contributed by atoms with E-state index in [9.17, 15) is 4.79 Å². The number of unbranched alkanes of at least 4 members (excludes halogenated alkanes) is 4. The highest BCUT2D eigenvalue weighted by atomic mass is 16.7. The molecule has 0 amide bonds. The molecular formula is C16H26O5. The first-order valence-corrected chi connectivity index (χ1v) is 7.42. The summed E-state index contributed by atoms with van der Waals surface area (Å²) < 4.78 is 20.6. The summed E-state index contributed by atoms with van der Waals surface area (Å²) in [6.45, 7) is 0. The van der Waals surface area contributed by atoms with Crippen LogP contribution in [0.4, 0.5) is 0 Å². The summed E-state index contributed by atoms with van der Waals surface area (Å²) in [6.07, 6.45) is 6.31. The smallest absolute Gasteiger partial charge is 0.305 e. The van der Waals surface area contributed by atoms with Crippen molar-refractivity contribution in [1.29, 1.82) is 0 Å². The molecule has 0 radical (unpaired) electrons. The highest BCUT2D eigenvalue weighted by molar-refractivity contribution is 5.68. The molecule has 120 valence electrons. The lowest BCUT2D eigenvalue weighted by Crippen LogP contribution is -2.01. The summed E-state index contributed by atoms with van der Waals surface area (Å²) in [5, 5.41) is 0. The SMILES string of the molecule is COC(=O)CCCCCCCc1ccc(C(OC)OC)o1. The summed E-state index contributed by atoms with van der Waals surface area (Å²) in [5.74, 6) is 1.54. The second-order valence-corrected chi connectivity index (χ2v) is 4.95. The minimum atomic E-state index is -0.433. The molecule has 0 aliphatic rings. The Morgan fingerprint density at radius 2 is 1.71 bits per heavy atom. The van der Waals surface area contributed by atoms with Crippen LogP contribution < -0.4 is 0 Å². The molecule has 1 heterocycles. The number of rotatable bonds is 11. The Balaban J connectivity index is 2.12. The van der Waals surface area contributed by atoms with Gasteiger partial charge in [0.2, 0.25) is 6.29 Å². The quantitative estimate of drug-likeness (QED) is 0.355. The Hall–Kier alpha value is -1.33. The van der Waals surface area contributed by atoms with Gasteiger partial charge in [-0.3, -0.25) is 4.79 Å². The fraction of sp³-hybridized carbons (Fsp3) is 0.688. The van der Waals surface area contributed by atoms with Gasteiger partial charge in [-0.15, -0.1) is 0 Å². The van der Waals surface area contributed by atoms with Crippen molar-refractivity contribution in [2.75, 3.05) is 21.3 Å². The van der Waals surface area contributed by atoms with Gasteiger partial charge in [-0.2, -0.15) is 0 Å². The van der Waals surface area contributed by atoms with Crippen molar-refractivity contribution in [2.45, 2.75) is 51.2 Å². The van der Waals surface area contributed by atoms with Crippen molar-refractivity contribution in [3.63, 3.8) is 0 Å². The maximum atomic E-state index is 10.9. The number of carbonyl (C=O) groups is 1. The summed E-state index contributed by atoms with van der Waals surface area (Å²) in [6, 6.07) is 3.86. The summed E-state index contributed by atoms with van der Waals surface area (Å²) in [5.41, 5.74) is 0. The van der Waals surface area contributed by atoms with E-state index < -0.39 is 6.29 Å². The molecule has 0 aliphatic carbocycles. The molecule has 0 saturated carbocycles. The third-order valence-corrected chi connectivity index (χ3v) is 3.37. The molecule has 21 heavy (non-hydrogen) atoms. The highest BCUT2D eigenvalue weighted by Crippen LogP contribution is 2.21. The Morgan fingerprint density at radius 1 is 1.05 bits per heavy atom. The maximum absolute atomic E-state index is 10.9. The van der Waals surface area contributed by atoms with Crippen LogP contribution in [0.1, 0.15) is 56.3 Å². The van der Waals surface area contributed by atoms with E-state index in [4.69, 9.17) is 13.9 Å². The van der Waals surface area contributed by atoms with Crippen molar-refractivity contribution in [1.82, 2.24) is 0 Å². The molecule has 5 nitrogen and oxygen atoms in total. The van der Waals surface area contributed by atoms with Crippen LogP contribution in [0.15, 0.2) is 16.5 Å². The molecule has 1 aromatic heterocycles. The van der Waals surface area contributed by atoms with Crippen LogP contribution in [0.25, 0.3) is 0 Å². The minimum absolute atomic E-state index is 0.121. The fourth-order valence-corrected chi connectivity index (χ4v) is 2.19. The molecule has 0 bridgehead atoms. The lowest BCUT2D eigenvalue weighted by Gasteiger charge is -2.09. The standard InChI is InChI=1S/C16H26O5/c1-18-15(17)10-8-6-4-5-7-9-13-11-12-14(21-13)16(19-2)20-3/h11-12,16H,4-10H2,1-3H3. The third-order valence-electron chi connectivity index (χ3n) is 3.37. The fourth-order valence-electron chi connectivity index (χ4n) is 2.19. The molecule has 1 aromatic rings. The van der Waals surface area contributed by atoms with Crippen LogP contribution in [0, 0.1) is 0 Å². The molecule has 0 spiro atoms. The predicted octanol–water partition coefficient (Wildman–Crippen LogP) is 3.63. The van der Waals surface area contributed by atoms with Crippen LogP contribution in [0.3, 0.4) is 0 Å². The van der Waals surface area contributed by atoms with Crippen molar-refractivity contribution in [3.05, 3.63) is 23.7 Å². The van der Waals surface area contributed by atoms with E-state index in [1.54, 1.807) is 14.2 Å². The van der Waals surface area contributed by atoms with E-state index >= 15 is 0 Å². The molecule has 0 fully saturated rings. The number of esters is 1. The first-order chi connectivity index (χ1) is 10.2. The van der Waals surface area contributed by atoms with Gasteiger partial charge < -0.3 is 18.6 Å². The van der Waals surface area contributed by atoms with Crippen molar-refractivity contribution < 1.29 is 23.4 Å². The molecular weight excluding hydrogens is 272 g/mol. The van der Waals surface area contributed by atoms with E-state index in [1.165, 1.54) is 7.11 Å². The van der Waals surface area contributed by atoms with Crippen molar-refractivity contribution >= 4 is 5.97 Å². The number of hydrogen-bond acceptors (Lipinski definition) is 5. The Labute approximate surface area is 126 Å². The summed E-state index contributed by atoms with van der Waals surface area (Å²) in [4.78, 5) is 10.9. The second-order valence-electron chi connectivity index (χ2n) is 4.95. The zero-order valence-electron chi connectivity index (χ0n) is 13.2. The summed E-state index contributed by atoms with van der Waals surface area (Å²) >= 11 is 0. The van der Waals surface area contributed by atoms with Gasteiger partial charge in [0.25, 0.3) is 0 Å². The first-order valence-electron chi connectivity index (χ1n) is 7.42. The van der Waals surface area contributed by atoms with E-state index in [0.717, 1.165) is 44.3 Å². The number of furan rings is 1. The Bertz CT molecular complexity index is 395. The largest absolute Gasteiger partial charge is 0.469 e. The number of ether oxygens (including phenoxy) is 3. The topological polar surface area (TPSA) is 57.9 Å². The second kappa shape index (κ2) is 10.4. The Morgan fingerprint density at radius 3 is 2.38 bits per heavy atom. The van der Waals surface area contributed by atoms with Gasteiger partial charge in [0.15, 0.2) is 5.76 Å². The van der Waals surface area contributed by atoms with Crippen molar-refractivity contribution in [3.8, 4) is 0 Å². The zero-order valence-corrected chi connectivity index (χ0v) is 13.2. The molecule has 0 aromatic carbocycles. The maximum Gasteiger partial charge on any atom is 0.305 e. The molecule has 1 rings (SSSR count). The molecule has 0 unspecified atom stereocenters. The van der Waals surface area contributed by atoms with Gasteiger partial charge in [0, 0.05) is 27.1 Å². The number of methoxy groups -OCH3 is 3. The zero-order chi connectivity index (χ0) is 15.5. The molecule has 0 saturated heterocycles. The van der Waals surface area contributed by atoms with E-state index in [1.807, 2.05) is 12.1 Å². The average molecular weight is 298 g/mol. The number of hydrogen-bond donors (Lipinski definition) is 0. The van der Waals surface area contributed by atoms with Crippen LogP contribution in [-0.2, 0) is 25.4 Å². The van der Waals surface area contributed by atoms with Gasteiger partial charge in [-0.1, -0.05) is 19.3 Å². The van der Waals surface area contributed by atoms with Gasteiger partial charge in [0.1, 0.15) is 5.76 Å². The van der Waals surface area contributed by atoms with Crippen LogP contribution in [0.5, 0.6) is 0 Å². The molecule has 0 N–H and O–H groups in total. The Kier molecular flexibility index (Phi) is 8.78. The first kappa shape index (κ1) is 17.7. The van der Waals surface area contributed by atoms with E-state index in [2.05, 4.69) is 4.74 Å². The lowest BCUT2D eigenvalue weighted by atomic mass is 10.1. The van der Waals surface area contributed by atoms with Crippen LogP contribution >= 0.6 is 0 Å². The average Bonchev–Trinajstić information content (AvgIpc) is 2.96. The number of aryl methyl sites for hydroxylation is 1. The van der Waals surface area contributed by atoms with Crippen molar-refractivity contribution in [2.24, 2.45) is 0 Å². The van der Waals surface area contributed by atoms with Gasteiger partial charge in [-0.25, -0.2) is 0 Å². The third kappa shape index (κ3) is 6.78. The monoisotopic (exact) mass is 298 g/mol. The van der Waals surface area contributed by atoms with Crippen LogP contribution in [0.2, 0.25) is 0 Å². The lowest BCUT2D eigenvalue weighted by molar-refractivity contribution is -0.140. The predicted molar refractivity (Wildman–Crippen MR) is 78.9 cm³/mol. The van der Waals surface area contributed by atoms with E-state index in [0.29, 0.717) is 12.2 Å². The minimum Gasteiger partial charge on any atom is -0.469 e. The molecule has 0 aliphatic heterocycles. The molecule has 0 atom stereocenters. The highest BCUT2D eigenvalue weighted by Gasteiger charge is 2.13. The number of carbonyl (C=O) groups excluding carboxylic acids is 1.